The van der Waals surface area contributed by atoms with Crippen LogP contribution < -0.4 is 0 Å². The Hall–Kier alpha value is -2.83. The normalized spacial score (nSPS) is 13.1. The van der Waals surface area contributed by atoms with Gasteiger partial charge in [0.25, 0.3) is 0 Å². The molecule has 1 aromatic carbocycles. The molecule has 0 amide bonds. The Balaban J connectivity index is 2.22. The number of fused-ring (bicyclic) bond motifs is 1. The molecule has 2 aromatic heterocycles. The number of aliphatic carboxylic acids is 1. The Labute approximate surface area is 154 Å². The topological polar surface area (TPSA) is 55.1 Å². The van der Waals surface area contributed by atoms with Crippen molar-refractivity contribution >= 4 is 17.0 Å². The Bertz CT molecular complexity index is 993. The second kappa shape index (κ2) is 7.06. The van der Waals surface area contributed by atoms with Gasteiger partial charge in [0, 0.05) is 17.8 Å². The number of halogens is 3. The van der Waals surface area contributed by atoms with Crippen molar-refractivity contribution in [1.82, 2.24) is 9.55 Å². The van der Waals surface area contributed by atoms with Crippen LogP contribution in [0, 0.1) is 0 Å². The highest BCUT2D eigenvalue weighted by Gasteiger charge is 2.34. The van der Waals surface area contributed by atoms with E-state index in [4.69, 9.17) is 0 Å². The number of aromatic nitrogens is 2. The highest BCUT2D eigenvalue weighted by molar-refractivity contribution is 5.88. The SMILES string of the molecule is CCc1ccnc2c1c(CC(=O)O)cn2C(C)c1ccccc1C(F)(F)F. The molecule has 0 fully saturated rings. The number of carboxylic acids is 1. The van der Waals surface area contributed by atoms with Crippen LogP contribution in [0.4, 0.5) is 13.2 Å². The highest BCUT2D eigenvalue weighted by Crippen LogP contribution is 2.37. The van der Waals surface area contributed by atoms with Crippen molar-refractivity contribution in [2.24, 2.45) is 0 Å². The van der Waals surface area contributed by atoms with E-state index < -0.39 is 23.8 Å². The molecule has 27 heavy (non-hydrogen) atoms. The maximum Gasteiger partial charge on any atom is 0.416 e. The minimum atomic E-state index is -4.47. The molecule has 0 spiro atoms. The molecule has 7 heteroatoms. The van der Waals surface area contributed by atoms with Crippen LogP contribution in [0.15, 0.2) is 42.7 Å². The average Bonchev–Trinajstić information content (AvgIpc) is 2.98. The van der Waals surface area contributed by atoms with Crippen LogP contribution in [0.25, 0.3) is 11.0 Å². The quantitative estimate of drug-likeness (QED) is 0.692. The van der Waals surface area contributed by atoms with Crippen LogP contribution in [0.1, 0.15) is 42.1 Å². The van der Waals surface area contributed by atoms with Gasteiger partial charge in [0.05, 0.1) is 18.0 Å². The molecule has 0 saturated carbocycles. The molecular formula is C20H19F3N2O2. The smallest absolute Gasteiger partial charge is 0.416 e. The fourth-order valence-corrected chi connectivity index (χ4v) is 3.48. The van der Waals surface area contributed by atoms with Crippen LogP contribution in [0.5, 0.6) is 0 Å². The van der Waals surface area contributed by atoms with Crippen molar-refractivity contribution < 1.29 is 23.1 Å². The lowest BCUT2D eigenvalue weighted by Crippen LogP contribution is -2.15. The molecule has 1 N–H and O–H groups in total. The van der Waals surface area contributed by atoms with Crippen LogP contribution in [0.2, 0.25) is 0 Å². The lowest BCUT2D eigenvalue weighted by molar-refractivity contribution is -0.138. The molecule has 1 atom stereocenters. The highest BCUT2D eigenvalue weighted by atomic mass is 19.4. The molecule has 0 bridgehead atoms. The standard InChI is InChI=1S/C20H19F3N2O2/c1-3-13-8-9-24-19-18(13)14(10-17(26)27)11-25(19)12(2)15-6-4-5-7-16(15)20(21,22)23/h4-9,11-12H,3,10H2,1-2H3,(H,26,27). The van der Waals surface area contributed by atoms with E-state index in [0.717, 1.165) is 11.6 Å². The molecular weight excluding hydrogens is 357 g/mol. The van der Waals surface area contributed by atoms with Gasteiger partial charge in [-0.15, -0.1) is 0 Å². The Kier molecular flexibility index (Phi) is 4.95. The van der Waals surface area contributed by atoms with Gasteiger partial charge in [0.1, 0.15) is 5.65 Å². The van der Waals surface area contributed by atoms with E-state index in [-0.39, 0.29) is 12.0 Å². The van der Waals surface area contributed by atoms with Gasteiger partial charge in [0.2, 0.25) is 0 Å². The number of hydrogen-bond acceptors (Lipinski definition) is 2. The summed E-state index contributed by atoms with van der Waals surface area (Å²) in [5, 5.41) is 9.93. The third kappa shape index (κ3) is 3.54. The molecule has 3 rings (SSSR count). The summed E-state index contributed by atoms with van der Waals surface area (Å²) in [5.74, 6) is -0.997. The Morgan fingerprint density at radius 1 is 1.22 bits per heavy atom. The number of pyridine rings is 1. The molecule has 142 valence electrons. The molecule has 0 saturated heterocycles. The van der Waals surface area contributed by atoms with E-state index in [2.05, 4.69) is 4.98 Å². The van der Waals surface area contributed by atoms with Gasteiger partial charge in [-0.1, -0.05) is 25.1 Å². The zero-order valence-electron chi connectivity index (χ0n) is 14.9. The summed E-state index contributed by atoms with van der Waals surface area (Å²) in [4.78, 5) is 15.6. The van der Waals surface area contributed by atoms with E-state index in [1.807, 2.05) is 13.0 Å². The monoisotopic (exact) mass is 376 g/mol. The number of carboxylic acid groups (broad SMARTS) is 1. The summed E-state index contributed by atoms with van der Waals surface area (Å²) in [6, 6.07) is 6.58. The summed E-state index contributed by atoms with van der Waals surface area (Å²) in [6.07, 6.45) is -0.800. The zero-order chi connectivity index (χ0) is 19.8. The van der Waals surface area contributed by atoms with Gasteiger partial charge >= 0.3 is 12.1 Å². The average molecular weight is 376 g/mol. The van der Waals surface area contributed by atoms with E-state index in [1.165, 1.54) is 12.1 Å². The van der Waals surface area contributed by atoms with Gasteiger partial charge in [0.15, 0.2) is 0 Å². The number of rotatable bonds is 5. The molecule has 1 unspecified atom stereocenters. The van der Waals surface area contributed by atoms with Crippen molar-refractivity contribution in [3.8, 4) is 0 Å². The van der Waals surface area contributed by atoms with Crippen molar-refractivity contribution in [3.63, 3.8) is 0 Å². The van der Waals surface area contributed by atoms with Gasteiger partial charge < -0.3 is 9.67 Å². The van der Waals surface area contributed by atoms with Crippen molar-refractivity contribution in [2.75, 3.05) is 0 Å². The summed E-state index contributed by atoms with van der Waals surface area (Å²) in [5.41, 5.74) is 1.39. The number of carbonyl (C=O) groups is 1. The Morgan fingerprint density at radius 3 is 2.56 bits per heavy atom. The van der Waals surface area contributed by atoms with Crippen molar-refractivity contribution in [3.05, 3.63) is 65.0 Å². The van der Waals surface area contributed by atoms with Gasteiger partial charge in [-0.25, -0.2) is 4.98 Å². The van der Waals surface area contributed by atoms with Gasteiger partial charge in [-0.3, -0.25) is 4.79 Å². The third-order valence-electron chi connectivity index (χ3n) is 4.73. The maximum absolute atomic E-state index is 13.4. The second-order valence-electron chi connectivity index (χ2n) is 6.42. The lowest BCUT2D eigenvalue weighted by Gasteiger charge is -2.20. The van der Waals surface area contributed by atoms with Crippen LogP contribution in [-0.4, -0.2) is 20.6 Å². The number of hydrogen-bond donors (Lipinski definition) is 1. The largest absolute Gasteiger partial charge is 0.481 e. The molecule has 0 aliphatic carbocycles. The second-order valence-corrected chi connectivity index (χ2v) is 6.42. The Morgan fingerprint density at radius 2 is 1.93 bits per heavy atom. The molecule has 3 aromatic rings. The maximum atomic E-state index is 13.4. The van der Waals surface area contributed by atoms with Crippen LogP contribution in [-0.2, 0) is 23.8 Å². The molecule has 0 radical (unpaired) electrons. The van der Waals surface area contributed by atoms with Gasteiger partial charge in [-0.05, 0) is 42.2 Å². The van der Waals surface area contributed by atoms with Crippen molar-refractivity contribution in [1.29, 1.82) is 0 Å². The first-order valence-electron chi connectivity index (χ1n) is 8.59. The number of benzene rings is 1. The molecule has 2 heterocycles. The van der Waals surface area contributed by atoms with E-state index in [1.54, 1.807) is 30.0 Å². The van der Waals surface area contributed by atoms with Crippen LogP contribution in [0.3, 0.4) is 0 Å². The van der Waals surface area contributed by atoms with E-state index in [9.17, 15) is 23.1 Å². The van der Waals surface area contributed by atoms with E-state index in [0.29, 0.717) is 23.0 Å². The predicted octanol–water partition coefficient (Wildman–Crippen LogP) is 4.85. The minimum Gasteiger partial charge on any atom is -0.481 e. The first-order chi connectivity index (χ1) is 12.7. The van der Waals surface area contributed by atoms with Crippen molar-refractivity contribution in [2.45, 2.75) is 38.9 Å². The first-order valence-corrected chi connectivity index (χ1v) is 8.59. The summed E-state index contributed by atoms with van der Waals surface area (Å²) >= 11 is 0. The number of nitrogens with zero attached hydrogens (tertiary/aromatic N) is 2. The molecule has 0 aliphatic rings. The summed E-state index contributed by atoms with van der Waals surface area (Å²) in [7, 11) is 0. The summed E-state index contributed by atoms with van der Waals surface area (Å²) in [6.45, 7) is 3.61. The molecule has 4 nitrogen and oxygen atoms in total. The zero-order valence-corrected chi connectivity index (χ0v) is 14.9. The number of alkyl halides is 3. The fraction of sp³-hybridized carbons (Fsp3) is 0.300. The molecule has 0 aliphatic heterocycles. The van der Waals surface area contributed by atoms with Gasteiger partial charge in [-0.2, -0.15) is 13.2 Å². The first kappa shape index (κ1) is 18.9. The van der Waals surface area contributed by atoms with E-state index >= 15 is 0 Å². The number of aryl methyl sites for hydroxylation is 1. The minimum absolute atomic E-state index is 0.118. The predicted molar refractivity (Wildman–Crippen MR) is 95.7 cm³/mol. The fourth-order valence-electron chi connectivity index (χ4n) is 3.48. The lowest BCUT2D eigenvalue weighted by atomic mass is 10.0. The van der Waals surface area contributed by atoms with Crippen LogP contribution >= 0.6 is 0 Å². The summed E-state index contributed by atoms with van der Waals surface area (Å²) < 4.78 is 41.9. The third-order valence-corrected chi connectivity index (χ3v) is 4.73.